The number of aliphatic hydroxyl groups is 1. The first-order valence-electron chi connectivity index (χ1n) is 11.3. The van der Waals surface area contributed by atoms with E-state index >= 15 is 0 Å². The Bertz CT molecular complexity index is 851. The van der Waals surface area contributed by atoms with Crippen LogP contribution in [0.25, 0.3) is 0 Å². The summed E-state index contributed by atoms with van der Waals surface area (Å²) in [6.45, 7) is 4.69. The second-order valence-electron chi connectivity index (χ2n) is 8.41. The molecule has 0 saturated heterocycles. The number of nitrogens with zero attached hydrogens (tertiary/aromatic N) is 1. The van der Waals surface area contributed by atoms with Crippen LogP contribution >= 0.6 is 0 Å². The summed E-state index contributed by atoms with van der Waals surface area (Å²) >= 11 is 0. The van der Waals surface area contributed by atoms with Crippen LogP contribution < -0.4 is 16.0 Å². The molecule has 1 aliphatic rings. The van der Waals surface area contributed by atoms with E-state index in [9.17, 15) is 19.2 Å². The van der Waals surface area contributed by atoms with Gasteiger partial charge in [0.2, 0.25) is 23.6 Å². The molecule has 1 aromatic rings. The van der Waals surface area contributed by atoms with Crippen molar-refractivity contribution in [3.63, 3.8) is 0 Å². The maximum absolute atomic E-state index is 12.5. The van der Waals surface area contributed by atoms with Crippen LogP contribution in [0.5, 0.6) is 0 Å². The van der Waals surface area contributed by atoms with Crippen LogP contribution in [-0.4, -0.2) is 59.3 Å². The van der Waals surface area contributed by atoms with Crippen LogP contribution in [0.4, 0.5) is 5.69 Å². The van der Waals surface area contributed by atoms with Gasteiger partial charge in [0.05, 0.1) is 13.2 Å². The summed E-state index contributed by atoms with van der Waals surface area (Å²) in [5.74, 6) is -1.12. The predicted octanol–water partition coefficient (Wildman–Crippen LogP) is 1.33. The van der Waals surface area contributed by atoms with Gasteiger partial charge in [0.25, 0.3) is 0 Å². The van der Waals surface area contributed by atoms with E-state index in [2.05, 4.69) is 16.0 Å². The van der Waals surface area contributed by atoms with Crippen molar-refractivity contribution < 1.29 is 24.3 Å². The lowest BCUT2D eigenvalue weighted by atomic mass is 10.0. The van der Waals surface area contributed by atoms with E-state index < -0.39 is 11.9 Å². The van der Waals surface area contributed by atoms with Gasteiger partial charge in [-0.2, -0.15) is 0 Å². The zero-order chi connectivity index (χ0) is 24.2. The molecule has 1 aromatic carbocycles. The minimum atomic E-state index is -0.734. The van der Waals surface area contributed by atoms with Crippen molar-refractivity contribution in [3.05, 3.63) is 42.0 Å². The second-order valence-corrected chi connectivity index (χ2v) is 8.41. The van der Waals surface area contributed by atoms with E-state index in [4.69, 9.17) is 5.11 Å². The molecule has 0 bridgehead atoms. The highest BCUT2D eigenvalue weighted by Gasteiger charge is 2.24. The predicted molar refractivity (Wildman–Crippen MR) is 125 cm³/mol. The van der Waals surface area contributed by atoms with Gasteiger partial charge < -0.3 is 26.0 Å². The summed E-state index contributed by atoms with van der Waals surface area (Å²) in [5.41, 5.74) is 1.29. The van der Waals surface area contributed by atoms with Gasteiger partial charge in [0, 0.05) is 31.3 Å². The number of rotatable bonds is 13. The topological polar surface area (TPSA) is 128 Å². The van der Waals surface area contributed by atoms with Crippen molar-refractivity contribution in [2.24, 2.45) is 5.92 Å². The van der Waals surface area contributed by atoms with E-state index in [1.165, 1.54) is 0 Å². The molecule has 1 aliphatic heterocycles. The van der Waals surface area contributed by atoms with Crippen molar-refractivity contribution in [3.8, 4) is 0 Å². The molecule has 0 aliphatic carbocycles. The highest BCUT2D eigenvalue weighted by atomic mass is 16.3. The van der Waals surface area contributed by atoms with Gasteiger partial charge in [0.1, 0.15) is 6.04 Å². The fourth-order valence-electron chi connectivity index (χ4n) is 3.40. The number of carbonyl (C=O) groups excluding carboxylic acids is 4. The molecule has 0 aromatic heterocycles. The van der Waals surface area contributed by atoms with E-state index in [-0.39, 0.29) is 36.8 Å². The Hall–Kier alpha value is -3.20. The van der Waals surface area contributed by atoms with Gasteiger partial charge in [-0.25, -0.2) is 0 Å². The molecule has 180 valence electrons. The highest BCUT2D eigenvalue weighted by molar-refractivity contribution is 5.96. The molecule has 4 N–H and O–H groups in total. The summed E-state index contributed by atoms with van der Waals surface area (Å²) in [6, 6.07) is 6.00. The summed E-state index contributed by atoms with van der Waals surface area (Å²) in [7, 11) is 0. The second kappa shape index (κ2) is 13.4. The van der Waals surface area contributed by atoms with Crippen LogP contribution in [0, 0.1) is 5.92 Å². The Labute approximate surface area is 194 Å². The standard InChI is InChI=1S/C24H34N4O5/c1-17(2)23(27-20(30)7-4-3-5-13-28-14-6-8-22(28)32)24(33)25-15-21(31)26-19-11-9-18(16-29)10-12-19/h6,8-12,17,23,29H,3-5,7,13-16H2,1-2H3,(H,25,33)(H,26,31)(H,27,30). The van der Waals surface area contributed by atoms with Crippen molar-refractivity contribution in [2.45, 2.75) is 52.2 Å². The van der Waals surface area contributed by atoms with Gasteiger partial charge in [-0.1, -0.05) is 38.5 Å². The third kappa shape index (κ3) is 9.05. The molecule has 4 amide bonds. The number of hydrogen-bond donors (Lipinski definition) is 4. The maximum atomic E-state index is 12.5. The molecule has 9 heteroatoms. The van der Waals surface area contributed by atoms with Gasteiger partial charge >= 0.3 is 0 Å². The normalized spacial score (nSPS) is 13.8. The molecule has 1 unspecified atom stereocenters. The SMILES string of the molecule is CC(C)C(NC(=O)CCCCCN1CC=CC1=O)C(=O)NCC(=O)Nc1ccc(CO)cc1. The third-order valence-electron chi connectivity index (χ3n) is 5.34. The minimum absolute atomic E-state index is 0.0341. The van der Waals surface area contributed by atoms with E-state index in [1.807, 2.05) is 19.9 Å². The number of anilines is 1. The van der Waals surface area contributed by atoms with Crippen LogP contribution in [0.3, 0.4) is 0 Å². The fourth-order valence-corrected chi connectivity index (χ4v) is 3.40. The fraction of sp³-hybridized carbons (Fsp3) is 0.500. The molecular weight excluding hydrogens is 424 g/mol. The molecule has 1 heterocycles. The van der Waals surface area contributed by atoms with Crippen LogP contribution in [0.1, 0.15) is 45.1 Å². The number of nitrogens with one attached hydrogen (secondary N) is 3. The summed E-state index contributed by atoms with van der Waals surface area (Å²) in [4.78, 5) is 50.2. The van der Waals surface area contributed by atoms with E-state index in [0.29, 0.717) is 31.6 Å². The number of unbranched alkanes of at least 4 members (excludes halogenated alkanes) is 2. The van der Waals surface area contributed by atoms with Crippen LogP contribution in [-0.2, 0) is 25.8 Å². The zero-order valence-electron chi connectivity index (χ0n) is 19.3. The summed E-state index contributed by atoms with van der Waals surface area (Å²) in [5, 5.41) is 17.1. The van der Waals surface area contributed by atoms with Crippen LogP contribution in [0.15, 0.2) is 36.4 Å². The van der Waals surface area contributed by atoms with E-state index in [1.54, 1.807) is 35.2 Å². The Morgan fingerprint density at radius 3 is 2.39 bits per heavy atom. The maximum Gasteiger partial charge on any atom is 0.246 e. The highest BCUT2D eigenvalue weighted by Crippen LogP contribution is 2.10. The van der Waals surface area contributed by atoms with Crippen molar-refractivity contribution >= 4 is 29.3 Å². The minimum Gasteiger partial charge on any atom is -0.392 e. The van der Waals surface area contributed by atoms with Gasteiger partial charge in [-0.3, -0.25) is 19.2 Å². The molecule has 1 atom stereocenters. The quantitative estimate of drug-likeness (QED) is 0.332. The molecule has 0 saturated carbocycles. The van der Waals surface area contributed by atoms with Crippen LogP contribution in [0.2, 0.25) is 0 Å². The molecule has 0 fully saturated rings. The zero-order valence-corrected chi connectivity index (χ0v) is 19.3. The average molecular weight is 459 g/mol. The molecule has 9 nitrogen and oxygen atoms in total. The lowest BCUT2D eigenvalue weighted by molar-refractivity contribution is -0.130. The largest absolute Gasteiger partial charge is 0.392 e. The van der Waals surface area contributed by atoms with Crippen molar-refractivity contribution in [2.75, 3.05) is 25.0 Å². The molecule has 0 radical (unpaired) electrons. The van der Waals surface area contributed by atoms with Crippen molar-refractivity contribution in [1.29, 1.82) is 0 Å². The first-order chi connectivity index (χ1) is 15.8. The Morgan fingerprint density at radius 2 is 1.79 bits per heavy atom. The Kier molecular flexibility index (Phi) is 10.6. The van der Waals surface area contributed by atoms with Gasteiger partial charge in [0.15, 0.2) is 0 Å². The lowest BCUT2D eigenvalue weighted by Gasteiger charge is -2.21. The van der Waals surface area contributed by atoms with E-state index in [0.717, 1.165) is 18.4 Å². The number of aliphatic hydroxyl groups excluding tert-OH is 1. The number of amides is 4. The number of hydrogen-bond acceptors (Lipinski definition) is 5. The lowest BCUT2D eigenvalue weighted by Crippen LogP contribution is -2.51. The van der Waals surface area contributed by atoms with Gasteiger partial charge in [-0.15, -0.1) is 0 Å². The smallest absolute Gasteiger partial charge is 0.246 e. The first kappa shape index (κ1) is 26.1. The molecule has 2 rings (SSSR count). The summed E-state index contributed by atoms with van der Waals surface area (Å²) < 4.78 is 0. The monoisotopic (exact) mass is 458 g/mol. The number of carbonyl (C=O) groups is 4. The Morgan fingerprint density at radius 1 is 1.06 bits per heavy atom. The summed E-state index contributed by atoms with van der Waals surface area (Å²) in [6.07, 6.45) is 6.02. The van der Waals surface area contributed by atoms with Crippen molar-refractivity contribution in [1.82, 2.24) is 15.5 Å². The third-order valence-corrected chi connectivity index (χ3v) is 5.34. The molecule has 33 heavy (non-hydrogen) atoms. The molecule has 0 spiro atoms. The Balaban J connectivity index is 1.68. The average Bonchev–Trinajstić information content (AvgIpc) is 3.20. The first-order valence-corrected chi connectivity index (χ1v) is 11.3. The van der Waals surface area contributed by atoms with Gasteiger partial charge in [-0.05, 0) is 36.5 Å². The number of benzene rings is 1. The molecular formula is C24H34N4O5.